The van der Waals surface area contributed by atoms with Crippen LogP contribution in [0.25, 0.3) is 0 Å². The molecule has 0 aromatic carbocycles. The lowest BCUT2D eigenvalue weighted by Crippen LogP contribution is -2.49. The van der Waals surface area contributed by atoms with Crippen molar-refractivity contribution in [2.24, 2.45) is 11.8 Å². The Labute approximate surface area is 115 Å². The van der Waals surface area contributed by atoms with Gasteiger partial charge in [0.05, 0.1) is 5.92 Å². The lowest BCUT2D eigenvalue weighted by atomic mass is 9.89. The third-order valence-electron chi connectivity index (χ3n) is 4.87. The van der Waals surface area contributed by atoms with Gasteiger partial charge in [-0.15, -0.1) is 0 Å². The minimum atomic E-state index is -0.763. The molecule has 1 aliphatic carbocycles. The van der Waals surface area contributed by atoms with Crippen LogP contribution in [0.15, 0.2) is 0 Å². The number of likely N-dealkylation sites (tertiary alicyclic amines) is 1. The molecule has 1 saturated heterocycles. The van der Waals surface area contributed by atoms with E-state index in [0.717, 1.165) is 25.3 Å². The first-order valence-electron chi connectivity index (χ1n) is 7.62. The zero-order valence-electron chi connectivity index (χ0n) is 11.8. The second-order valence-electron chi connectivity index (χ2n) is 6.10. The second kappa shape index (κ2) is 6.40. The van der Waals surface area contributed by atoms with Crippen molar-refractivity contribution in [2.75, 3.05) is 6.54 Å². The van der Waals surface area contributed by atoms with Gasteiger partial charge in [0.25, 0.3) is 0 Å². The highest BCUT2D eigenvalue weighted by Gasteiger charge is 2.35. The SMILES string of the molecule is C[C@@H]1[C@H](C(=O)O)CCCN1C(=O)CCC1CCCC1. The van der Waals surface area contributed by atoms with E-state index in [2.05, 4.69) is 0 Å². The van der Waals surface area contributed by atoms with E-state index in [0.29, 0.717) is 12.8 Å². The normalized spacial score (nSPS) is 28.6. The van der Waals surface area contributed by atoms with E-state index in [9.17, 15) is 14.7 Å². The molecule has 0 radical (unpaired) electrons. The van der Waals surface area contributed by atoms with Gasteiger partial charge < -0.3 is 10.0 Å². The van der Waals surface area contributed by atoms with E-state index >= 15 is 0 Å². The minimum Gasteiger partial charge on any atom is -0.481 e. The van der Waals surface area contributed by atoms with Gasteiger partial charge in [-0.25, -0.2) is 0 Å². The van der Waals surface area contributed by atoms with Crippen molar-refractivity contribution < 1.29 is 14.7 Å². The molecular weight excluding hydrogens is 242 g/mol. The van der Waals surface area contributed by atoms with Gasteiger partial charge in [0.1, 0.15) is 0 Å². The molecule has 0 spiro atoms. The molecule has 2 fully saturated rings. The molecule has 0 aromatic heterocycles. The minimum absolute atomic E-state index is 0.151. The van der Waals surface area contributed by atoms with Gasteiger partial charge >= 0.3 is 5.97 Å². The van der Waals surface area contributed by atoms with Crippen molar-refractivity contribution >= 4 is 11.9 Å². The fourth-order valence-corrected chi connectivity index (χ4v) is 3.60. The molecule has 4 heteroatoms. The van der Waals surface area contributed by atoms with Crippen LogP contribution in [0.5, 0.6) is 0 Å². The lowest BCUT2D eigenvalue weighted by Gasteiger charge is -2.37. The van der Waals surface area contributed by atoms with Crippen molar-refractivity contribution in [2.45, 2.75) is 64.3 Å². The molecule has 2 aliphatic rings. The number of carbonyl (C=O) groups is 2. The van der Waals surface area contributed by atoms with Crippen LogP contribution < -0.4 is 0 Å². The van der Waals surface area contributed by atoms with Gasteiger partial charge in [-0.1, -0.05) is 25.7 Å². The van der Waals surface area contributed by atoms with E-state index in [-0.39, 0.29) is 17.9 Å². The zero-order chi connectivity index (χ0) is 13.8. The number of piperidine rings is 1. The largest absolute Gasteiger partial charge is 0.481 e. The quantitative estimate of drug-likeness (QED) is 0.852. The number of amides is 1. The Kier molecular flexibility index (Phi) is 4.83. The average molecular weight is 267 g/mol. The van der Waals surface area contributed by atoms with Gasteiger partial charge in [-0.2, -0.15) is 0 Å². The molecular formula is C15H25NO3. The number of rotatable bonds is 4. The van der Waals surface area contributed by atoms with Gasteiger partial charge in [-0.05, 0) is 32.1 Å². The van der Waals surface area contributed by atoms with Crippen LogP contribution >= 0.6 is 0 Å². The molecule has 2 atom stereocenters. The number of hydrogen-bond donors (Lipinski definition) is 1. The maximum Gasteiger partial charge on any atom is 0.308 e. The Bertz CT molecular complexity index is 336. The molecule has 4 nitrogen and oxygen atoms in total. The van der Waals surface area contributed by atoms with Gasteiger partial charge in [0.15, 0.2) is 0 Å². The van der Waals surface area contributed by atoms with Crippen LogP contribution in [-0.4, -0.2) is 34.5 Å². The fraction of sp³-hybridized carbons (Fsp3) is 0.867. The topological polar surface area (TPSA) is 57.6 Å². The monoisotopic (exact) mass is 267 g/mol. The van der Waals surface area contributed by atoms with Crippen LogP contribution in [0.2, 0.25) is 0 Å². The van der Waals surface area contributed by atoms with Crippen molar-refractivity contribution in [3.05, 3.63) is 0 Å². The summed E-state index contributed by atoms with van der Waals surface area (Å²) in [6.45, 7) is 2.61. The van der Waals surface area contributed by atoms with Crippen LogP contribution in [0.1, 0.15) is 58.3 Å². The summed E-state index contributed by atoms with van der Waals surface area (Å²) in [5, 5.41) is 9.17. The maximum atomic E-state index is 12.3. The third-order valence-corrected chi connectivity index (χ3v) is 4.87. The summed E-state index contributed by atoms with van der Waals surface area (Å²) >= 11 is 0. The first-order valence-corrected chi connectivity index (χ1v) is 7.62. The number of hydrogen-bond acceptors (Lipinski definition) is 2. The molecule has 108 valence electrons. The summed E-state index contributed by atoms with van der Waals surface area (Å²) < 4.78 is 0. The van der Waals surface area contributed by atoms with E-state index in [1.807, 2.05) is 6.92 Å². The Morgan fingerprint density at radius 3 is 2.47 bits per heavy atom. The predicted octanol–water partition coefficient (Wildman–Crippen LogP) is 2.67. The molecule has 0 unspecified atom stereocenters. The molecule has 1 N–H and O–H groups in total. The van der Waals surface area contributed by atoms with Gasteiger partial charge in [-0.3, -0.25) is 9.59 Å². The first kappa shape index (κ1) is 14.4. The number of nitrogens with zero attached hydrogens (tertiary/aromatic N) is 1. The van der Waals surface area contributed by atoms with Crippen LogP contribution in [0.4, 0.5) is 0 Å². The summed E-state index contributed by atoms with van der Waals surface area (Å²) in [5.74, 6) is -0.269. The van der Waals surface area contributed by atoms with Crippen molar-refractivity contribution in [1.29, 1.82) is 0 Å². The highest BCUT2D eigenvalue weighted by atomic mass is 16.4. The third kappa shape index (κ3) is 3.48. The van der Waals surface area contributed by atoms with Crippen molar-refractivity contribution in [1.82, 2.24) is 4.90 Å². The molecule has 19 heavy (non-hydrogen) atoms. The Balaban J connectivity index is 1.84. The summed E-state index contributed by atoms with van der Waals surface area (Å²) in [7, 11) is 0. The number of carboxylic acids is 1. The predicted molar refractivity (Wildman–Crippen MR) is 72.7 cm³/mol. The summed E-state index contributed by atoms with van der Waals surface area (Å²) in [4.78, 5) is 25.2. The Morgan fingerprint density at radius 2 is 1.84 bits per heavy atom. The zero-order valence-corrected chi connectivity index (χ0v) is 11.8. The maximum absolute atomic E-state index is 12.3. The summed E-state index contributed by atoms with van der Waals surface area (Å²) in [5.41, 5.74) is 0. The number of aliphatic carboxylic acids is 1. The molecule has 1 saturated carbocycles. The smallest absolute Gasteiger partial charge is 0.308 e. The first-order chi connectivity index (χ1) is 9.09. The highest BCUT2D eigenvalue weighted by Crippen LogP contribution is 2.30. The van der Waals surface area contributed by atoms with E-state index < -0.39 is 5.97 Å². The van der Waals surface area contributed by atoms with E-state index in [4.69, 9.17) is 0 Å². The molecule has 1 amide bonds. The Hall–Kier alpha value is -1.06. The summed E-state index contributed by atoms with van der Waals surface area (Å²) in [6.07, 6.45) is 8.24. The summed E-state index contributed by atoms with van der Waals surface area (Å²) in [6, 6.07) is -0.151. The van der Waals surface area contributed by atoms with Crippen molar-refractivity contribution in [3.63, 3.8) is 0 Å². The van der Waals surface area contributed by atoms with Crippen molar-refractivity contribution in [3.8, 4) is 0 Å². The van der Waals surface area contributed by atoms with Crippen LogP contribution in [0.3, 0.4) is 0 Å². The fourth-order valence-electron chi connectivity index (χ4n) is 3.60. The lowest BCUT2D eigenvalue weighted by molar-refractivity contribution is -0.149. The highest BCUT2D eigenvalue weighted by molar-refractivity contribution is 5.78. The molecule has 0 aromatic rings. The molecule has 1 heterocycles. The molecule has 0 bridgehead atoms. The average Bonchev–Trinajstić information content (AvgIpc) is 2.89. The van der Waals surface area contributed by atoms with Crippen LogP contribution in [0, 0.1) is 11.8 Å². The van der Waals surface area contributed by atoms with Gasteiger partial charge in [0, 0.05) is 19.0 Å². The second-order valence-corrected chi connectivity index (χ2v) is 6.10. The van der Waals surface area contributed by atoms with Gasteiger partial charge in [0.2, 0.25) is 5.91 Å². The van der Waals surface area contributed by atoms with E-state index in [1.165, 1.54) is 25.7 Å². The van der Waals surface area contributed by atoms with Crippen LogP contribution in [-0.2, 0) is 9.59 Å². The standard InChI is InChI=1S/C15H25NO3/c1-11-13(15(18)19)7-4-10-16(11)14(17)9-8-12-5-2-3-6-12/h11-13H,2-10H2,1H3,(H,18,19)/t11-,13-/m1/s1. The number of carbonyl (C=O) groups excluding carboxylic acids is 1. The molecule has 1 aliphatic heterocycles. The molecule has 2 rings (SSSR count). The van der Waals surface area contributed by atoms with E-state index in [1.54, 1.807) is 4.90 Å². The number of carboxylic acid groups (broad SMARTS) is 1. The Morgan fingerprint density at radius 1 is 1.16 bits per heavy atom.